The highest BCUT2D eigenvalue weighted by Crippen LogP contribution is 2.30. The molecule has 1 aliphatic heterocycles. The molecule has 11 nitrogen and oxygen atoms in total. The van der Waals surface area contributed by atoms with Gasteiger partial charge in [0.1, 0.15) is 22.5 Å². The number of unbranched alkanes of at least 4 members (excludes halogenated alkanes) is 2. The summed E-state index contributed by atoms with van der Waals surface area (Å²) in [5.41, 5.74) is 5.47. The zero-order chi connectivity index (χ0) is 38.2. The number of amides is 2. The highest BCUT2D eigenvalue weighted by Gasteiger charge is 2.32. The molecule has 2 atom stereocenters. The van der Waals surface area contributed by atoms with Gasteiger partial charge in [-0.2, -0.15) is 5.10 Å². The summed E-state index contributed by atoms with van der Waals surface area (Å²) in [5.74, 6) is 0.768. The van der Waals surface area contributed by atoms with E-state index in [4.69, 9.17) is 9.84 Å². The molecule has 0 radical (unpaired) electrons. The minimum atomic E-state index is -1.71. The average molecular weight is 766 g/mol. The van der Waals surface area contributed by atoms with Gasteiger partial charge < -0.3 is 29.8 Å². The summed E-state index contributed by atoms with van der Waals surface area (Å²) in [7, 11) is -1.71. The Hall–Kier alpha value is -5.30. The topological polar surface area (TPSA) is 148 Å². The van der Waals surface area contributed by atoms with E-state index in [0.717, 1.165) is 42.4 Å². The van der Waals surface area contributed by atoms with Crippen LogP contribution in [0.25, 0.3) is 5.69 Å². The van der Waals surface area contributed by atoms with Crippen LogP contribution in [0.3, 0.4) is 0 Å². The molecule has 4 aromatic carbocycles. The third kappa shape index (κ3) is 9.69. The number of rotatable bonds is 15. The number of carbonyl (C=O) groups is 2. The Morgan fingerprint density at radius 1 is 0.891 bits per heavy atom. The second kappa shape index (κ2) is 18.8. The first-order chi connectivity index (χ1) is 26.2. The summed E-state index contributed by atoms with van der Waals surface area (Å²) in [4.78, 5) is 32.5. The van der Waals surface area contributed by atoms with Crippen LogP contribution in [0.1, 0.15) is 82.8 Å². The molecule has 0 bridgehead atoms. The summed E-state index contributed by atoms with van der Waals surface area (Å²) >= 11 is 0. The van der Waals surface area contributed by atoms with Crippen LogP contribution in [-0.4, -0.2) is 71.9 Å². The Kier molecular flexibility index (Phi) is 14.0. The van der Waals surface area contributed by atoms with Gasteiger partial charge in [-0.3, -0.25) is 9.59 Å². The number of aliphatic hydroxyl groups excluding tert-OH is 1. The third-order valence-corrected chi connectivity index (χ3v) is 10.8. The van der Waals surface area contributed by atoms with Crippen molar-refractivity contribution in [1.82, 2.24) is 19.6 Å². The quantitative estimate of drug-likeness (QED) is 0.115. The molecular weight excluding hydrogens is 715 g/mol. The number of ether oxygens (including phenoxy) is 1. The van der Waals surface area contributed by atoms with Gasteiger partial charge in [0.2, 0.25) is 0 Å². The van der Waals surface area contributed by atoms with E-state index in [1.54, 1.807) is 58.1 Å². The van der Waals surface area contributed by atoms with Crippen LogP contribution in [0, 0.1) is 13.8 Å². The number of anilines is 1. The van der Waals surface area contributed by atoms with Gasteiger partial charge >= 0.3 is 0 Å². The van der Waals surface area contributed by atoms with Crippen LogP contribution in [0.5, 0.6) is 11.5 Å². The van der Waals surface area contributed by atoms with Crippen molar-refractivity contribution >= 4 is 28.5 Å². The zero-order valence-corrected chi connectivity index (χ0v) is 32.8. The van der Waals surface area contributed by atoms with Gasteiger partial charge in [0.05, 0.1) is 28.8 Å². The number of nitrogens with zero attached hydrogens (tertiary/aromatic N) is 4. The van der Waals surface area contributed by atoms with Crippen molar-refractivity contribution in [3.8, 4) is 17.2 Å². The summed E-state index contributed by atoms with van der Waals surface area (Å²) < 4.78 is 24.5. The van der Waals surface area contributed by atoms with Gasteiger partial charge in [-0.05, 0) is 98.8 Å². The molecule has 0 aliphatic carbocycles. The number of benzene rings is 4. The molecule has 0 saturated heterocycles. The Morgan fingerprint density at radius 2 is 1.60 bits per heavy atom. The minimum absolute atomic E-state index is 0. The van der Waals surface area contributed by atoms with Gasteiger partial charge in [-0.1, -0.05) is 74.7 Å². The summed E-state index contributed by atoms with van der Waals surface area (Å²) in [6, 6.07) is 29.2. The molecule has 0 saturated carbocycles. The standard InChI is InChI=1S/C43H49N5O5S.H2O/c1-5-7-22-46(23-8-6-2)43(51)40-24-31(4)48(44-40)41-21-18-34(26-39(41)42(50)47-28-33-13-10-9-12-32(33)25-35(47)29-49)45-54(52)38-15-11-14-37(27-38)53-36-19-16-30(3)17-20-36;/h9-21,24,26-27,35,45,49H,5-8,22-23,25,28-29H2,1-4H3;1H2/t35-,54?;/m0./s1. The molecule has 0 fully saturated rings. The van der Waals surface area contributed by atoms with Gasteiger partial charge in [0.15, 0.2) is 5.69 Å². The van der Waals surface area contributed by atoms with Crippen LogP contribution in [0.2, 0.25) is 0 Å². The molecule has 1 unspecified atom stereocenters. The molecule has 55 heavy (non-hydrogen) atoms. The molecule has 12 heteroatoms. The molecule has 0 spiro atoms. The SMILES string of the molecule is CCCCN(CCCC)C(=O)c1cc(C)n(-c2ccc(NS(=O)c3cccc(Oc4ccc(C)cc4)c3)cc2C(=O)N2Cc3ccccc3C[C@H]2CO)n1.O. The number of aromatic nitrogens is 2. The van der Waals surface area contributed by atoms with Gasteiger partial charge in [-0.25, -0.2) is 8.89 Å². The Labute approximate surface area is 325 Å². The Balaban J connectivity index is 0.00000580. The van der Waals surface area contributed by atoms with Crippen LogP contribution < -0.4 is 9.46 Å². The molecule has 2 amide bonds. The van der Waals surface area contributed by atoms with E-state index in [1.165, 1.54) is 0 Å². The smallest absolute Gasteiger partial charge is 0.274 e. The summed E-state index contributed by atoms with van der Waals surface area (Å²) in [6.07, 6.45) is 4.27. The van der Waals surface area contributed by atoms with E-state index in [2.05, 4.69) is 18.6 Å². The lowest BCUT2D eigenvalue weighted by molar-refractivity contribution is 0.0544. The molecule has 5 aromatic rings. The normalized spacial score (nSPS) is 14.1. The highest BCUT2D eigenvalue weighted by atomic mass is 32.2. The van der Waals surface area contributed by atoms with E-state index in [-0.39, 0.29) is 23.9 Å². The number of nitrogens with one attached hydrogen (secondary N) is 1. The molecule has 1 aliphatic rings. The fraction of sp³-hybridized carbons (Fsp3) is 0.326. The van der Waals surface area contributed by atoms with Crippen LogP contribution in [0.15, 0.2) is 102 Å². The molecule has 6 rings (SSSR count). The van der Waals surface area contributed by atoms with E-state index < -0.39 is 17.0 Å². The predicted octanol–water partition coefficient (Wildman–Crippen LogP) is 7.19. The van der Waals surface area contributed by atoms with E-state index in [1.807, 2.05) is 67.3 Å². The number of hydrogen-bond donors (Lipinski definition) is 2. The van der Waals surface area contributed by atoms with Crippen molar-refractivity contribution in [1.29, 1.82) is 0 Å². The van der Waals surface area contributed by atoms with Gasteiger partial charge in [-0.15, -0.1) is 0 Å². The monoisotopic (exact) mass is 765 g/mol. The van der Waals surface area contributed by atoms with Crippen LogP contribution in [-0.2, 0) is 24.0 Å². The number of fused-ring (bicyclic) bond motifs is 1. The maximum atomic E-state index is 14.7. The van der Waals surface area contributed by atoms with E-state index >= 15 is 0 Å². The predicted molar refractivity (Wildman–Crippen MR) is 216 cm³/mol. The lowest BCUT2D eigenvalue weighted by Gasteiger charge is -2.36. The fourth-order valence-electron chi connectivity index (χ4n) is 6.66. The molecule has 1 aromatic heterocycles. The van der Waals surface area contributed by atoms with E-state index in [0.29, 0.717) is 70.8 Å². The summed E-state index contributed by atoms with van der Waals surface area (Å²) in [6.45, 7) is 9.51. The maximum Gasteiger partial charge on any atom is 0.274 e. The minimum Gasteiger partial charge on any atom is -0.457 e. The first-order valence-electron chi connectivity index (χ1n) is 18.7. The van der Waals surface area contributed by atoms with Crippen molar-refractivity contribution in [2.45, 2.75) is 77.3 Å². The van der Waals surface area contributed by atoms with E-state index in [9.17, 15) is 18.9 Å². The number of aryl methyl sites for hydroxylation is 2. The second-order valence-electron chi connectivity index (χ2n) is 13.8. The molecule has 290 valence electrons. The van der Waals surface area contributed by atoms with Crippen molar-refractivity contribution < 1.29 is 29.1 Å². The van der Waals surface area contributed by atoms with Gasteiger partial charge in [0.25, 0.3) is 11.8 Å². The average Bonchev–Trinajstić information content (AvgIpc) is 3.58. The lowest BCUT2D eigenvalue weighted by Crippen LogP contribution is -2.46. The largest absolute Gasteiger partial charge is 0.457 e. The lowest BCUT2D eigenvalue weighted by atomic mass is 9.93. The third-order valence-electron chi connectivity index (χ3n) is 9.73. The highest BCUT2D eigenvalue weighted by molar-refractivity contribution is 7.86. The van der Waals surface area contributed by atoms with Crippen LogP contribution >= 0.6 is 0 Å². The first kappa shape index (κ1) is 40.9. The van der Waals surface area contributed by atoms with Gasteiger partial charge in [0, 0.05) is 31.0 Å². The van der Waals surface area contributed by atoms with Crippen LogP contribution in [0.4, 0.5) is 5.69 Å². The van der Waals surface area contributed by atoms with Crippen molar-refractivity contribution in [3.05, 3.63) is 131 Å². The van der Waals surface area contributed by atoms with Crippen molar-refractivity contribution in [3.63, 3.8) is 0 Å². The fourth-order valence-corrected chi connectivity index (χ4v) is 7.54. The number of aliphatic hydroxyl groups is 1. The maximum absolute atomic E-state index is 14.7. The second-order valence-corrected chi connectivity index (χ2v) is 15.0. The molecular formula is C43H51N5O6S. The molecule has 4 N–H and O–H groups in total. The Bertz CT molecular complexity index is 2110. The number of hydrogen-bond acceptors (Lipinski definition) is 6. The summed E-state index contributed by atoms with van der Waals surface area (Å²) in [5, 5.41) is 15.2. The molecule has 2 heterocycles. The van der Waals surface area contributed by atoms with Crippen molar-refractivity contribution in [2.75, 3.05) is 24.4 Å². The number of carbonyl (C=O) groups excluding carboxylic acids is 2. The Morgan fingerprint density at radius 3 is 2.29 bits per heavy atom. The van der Waals surface area contributed by atoms with Crippen molar-refractivity contribution in [2.24, 2.45) is 0 Å². The zero-order valence-electron chi connectivity index (χ0n) is 32.0. The first-order valence-corrected chi connectivity index (χ1v) is 19.9.